The van der Waals surface area contributed by atoms with Crippen LogP contribution in [0.15, 0.2) is 11.6 Å². The Kier molecular flexibility index (Phi) is 3.05. The van der Waals surface area contributed by atoms with Crippen molar-refractivity contribution >= 4 is 11.6 Å². The Hall–Kier alpha value is 0.0300. The molecule has 0 aliphatic carbocycles. The van der Waals surface area contributed by atoms with E-state index in [2.05, 4.69) is 0 Å². The van der Waals surface area contributed by atoms with Crippen molar-refractivity contribution in [3.8, 4) is 0 Å². The molecule has 4 heavy (non-hydrogen) atoms. The summed E-state index contributed by atoms with van der Waals surface area (Å²) in [4.78, 5) is 0. The second-order valence-electron chi connectivity index (χ2n) is 0.459. The van der Waals surface area contributed by atoms with Crippen LogP contribution in [-0.4, -0.2) is 0 Å². The Balaban J connectivity index is 2.55. The Labute approximate surface area is 31.1 Å². The van der Waals surface area contributed by atoms with Crippen molar-refractivity contribution in [2.75, 3.05) is 0 Å². The summed E-state index contributed by atoms with van der Waals surface area (Å²) in [5.74, 6) is 0. The second-order valence-corrected chi connectivity index (χ2v) is 0.711. The van der Waals surface area contributed by atoms with Crippen LogP contribution in [0.2, 0.25) is 0 Å². The molecule has 0 N–H and O–H groups in total. The minimum absolute atomic E-state index is 1.47. The zero-order chi connectivity index (χ0) is 3.41. The van der Waals surface area contributed by atoms with Gasteiger partial charge >= 0.3 is 0 Å². The summed E-state index contributed by atoms with van der Waals surface area (Å²) in [5.41, 5.74) is 1.47. The summed E-state index contributed by atoms with van der Waals surface area (Å²) in [6.45, 7) is 1.87. The Morgan fingerprint density at radius 1 is 1.75 bits per heavy atom. The molecule has 0 aromatic carbocycles. The van der Waals surface area contributed by atoms with Gasteiger partial charge in [-0.3, -0.25) is 0 Å². The van der Waals surface area contributed by atoms with Crippen molar-refractivity contribution in [3.05, 3.63) is 11.6 Å². The summed E-state index contributed by atoms with van der Waals surface area (Å²) < 4.78 is 0. The molecular weight excluding hydrogens is 71.5 g/mol. The Morgan fingerprint density at radius 3 is 2.00 bits per heavy atom. The van der Waals surface area contributed by atoms with Crippen LogP contribution < -0.4 is 0 Å². The normalized spacial score (nSPS) is 9.50. The van der Waals surface area contributed by atoms with Crippen LogP contribution in [0.5, 0.6) is 0 Å². The molecule has 0 unspecified atom stereocenters. The molecule has 0 atom stereocenters. The van der Waals surface area contributed by atoms with E-state index < -0.39 is 0 Å². The predicted molar refractivity (Wildman–Crippen MR) is 20.7 cm³/mol. The van der Waals surface area contributed by atoms with Gasteiger partial charge in [0.1, 0.15) is 0 Å². The van der Waals surface area contributed by atoms with Crippen LogP contribution >= 0.6 is 11.6 Å². The Bertz CT molecular complexity index is 18.5. The average Bonchev–Trinajstić information content (AvgIpc) is 1.37. The van der Waals surface area contributed by atoms with E-state index >= 15 is 0 Å². The van der Waals surface area contributed by atoms with E-state index in [0.29, 0.717) is 0 Å². The second kappa shape index (κ2) is 3.03. The zero-order valence-corrected chi connectivity index (χ0v) is 3.29. The molecule has 0 amide bonds. The minimum Gasteiger partial charge on any atom is -0.0933 e. The maximum atomic E-state index is 5.01. The van der Waals surface area contributed by atoms with Crippen LogP contribution in [0.4, 0.5) is 0 Å². The van der Waals surface area contributed by atoms with E-state index in [1.165, 1.54) is 5.54 Å². The molecule has 0 rings (SSSR count). The number of halogens is 1. The molecule has 0 nitrogen and oxygen atoms in total. The first-order valence-corrected chi connectivity index (χ1v) is 1.57. The van der Waals surface area contributed by atoms with Crippen LogP contribution in [0.1, 0.15) is 6.92 Å². The minimum atomic E-state index is 1.47. The van der Waals surface area contributed by atoms with Gasteiger partial charge in [0, 0.05) is 0 Å². The predicted octanol–water partition coefficient (Wildman–Crippen LogP) is 1.76. The molecule has 1 heteroatoms. The summed E-state index contributed by atoms with van der Waals surface area (Å²) in [5, 5.41) is 0. The summed E-state index contributed by atoms with van der Waals surface area (Å²) in [6, 6.07) is 0. The van der Waals surface area contributed by atoms with Crippen molar-refractivity contribution in [2.24, 2.45) is 0 Å². The first-order chi connectivity index (χ1) is 1.91. The van der Waals surface area contributed by atoms with Gasteiger partial charge in [0.25, 0.3) is 0 Å². The van der Waals surface area contributed by atoms with Crippen molar-refractivity contribution in [2.45, 2.75) is 6.92 Å². The monoisotopic (exact) mass is 76.0 g/mol. The molecule has 24 valence electrons. The number of hydrogen-bond donors (Lipinski definition) is 0. The maximum absolute atomic E-state index is 5.01. The highest BCUT2D eigenvalue weighted by atomic mass is 35.5. The zero-order valence-electron chi connectivity index (χ0n) is 2.53. The van der Waals surface area contributed by atoms with Crippen molar-refractivity contribution in [1.29, 1.82) is 0 Å². The van der Waals surface area contributed by atoms with Gasteiger partial charge in [-0.25, -0.2) is 0 Å². The average molecular weight is 76.5 g/mol. The molecule has 0 aliphatic heterocycles. The molecule has 0 saturated heterocycles. The number of rotatable bonds is 0. The fourth-order valence-electron chi connectivity index (χ4n) is 0. The van der Waals surface area contributed by atoms with Gasteiger partial charge in [0.2, 0.25) is 0 Å². The van der Waals surface area contributed by atoms with Gasteiger partial charge in [-0.05, 0) is 12.5 Å². The van der Waals surface area contributed by atoms with Crippen molar-refractivity contribution in [1.82, 2.24) is 0 Å². The van der Waals surface area contributed by atoms with Crippen molar-refractivity contribution < 1.29 is 0 Å². The summed E-state index contributed by atoms with van der Waals surface area (Å²) >= 11 is 5.01. The van der Waals surface area contributed by atoms with Gasteiger partial charge in [0.05, 0.1) is 0 Å². The molecule has 0 saturated carbocycles. The topological polar surface area (TPSA) is 0 Å². The summed E-state index contributed by atoms with van der Waals surface area (Å²) in [7, 11) is 0. The molecule has 0 fully saturated rings. The lowest BCUT2D eigenvalue weighted by Gasteiger charge is -1.46. The van der Waals surface area contributed by atoms with E-state index in [4.69, 9.17) is 11.6 Å². The molecule has 0 aromatic heterocycles. The molecule has 0 aliphatic rings. The van der Waals surface area contributed by atoms with E-state index in [9.17, 15) is 0 Å². The number of allylic oxidation sites excluding steroid dienone is 1. The SMILES string of the molecule is C/C=C\Cl. The lowest BCUT2D eigenvalue weighted by molar-refractivity contribution is 1.78. The molecule has 0 aromatic rings. The van der Waals surface area contributed by atoms with Crippen LogP contribution in [0, 0.1) is 0 Å². The highest BCUT2D eigenvalue weighted by molar-refractivity contribution is 6.25. The van der Waals surface area contributed by atoms with Gasteiger partial charge in [-0.1, -0.05) is 17.7 Å². The largest absolute Gasteiger partial charge is 0.0933 e. The van der Waals surface area contributed by atoms with Gasteiger partial charge in [-0.15, -0.1) is 0 Å². The Morgan fingerprint density at radius 2 is 2.00 bits per heavy atom. The quantitative estimate of drug-likeness (QED) is 0.412. The van der Waals surface area contributed by atoms with Crippen molar-refractivity contribution in [3.63, 3.8) is 0 Å². The molecule has 0 spiro atoms. The molecule has 0 heterocycles. The molecule has 0 bridgehead atoms. The number of hydrogen-bond acceptors (Lipinski definition) is 0. The smallest absolute Gasteiger partial charge is 0.0000330 e. The maximum Gasteiger partial charge on any atom is -0.0000330 e. The fraction of sp³-hybridized carbons (Fsp3) is 0.333. The third-order valence-electron chi connectivity index (χ3n) is 0.126. The highest BCUT2D eigenvalue weighted by Gasteiger charge is 1.37. The fourth-order valence-corrected chi connectivity index (χ4v) is 0. The van der Waals surface area contributed by atoms with E-state index in [0.717, 1.165) is 0 Å². The molecule has 0 radical (unpaired) electrons. The van der Waals surface area contributed by atoms with Gasteiger partial charge in [0.15, 0.2) is 0 Å². The van der Waals surface area contributed by atoms with Gasteiger partial charge < -0.3 is 0 Å². The lowest BCUT2D eigenvalue weighted by atomic mass is 10.8. The highest BCUT2D eigenvalue weighted by Crippen LogP contribution is 1.70. The van der Waals surface area contributed by atoms with E-state index in [1.807, 2.05) is 6.92 Å². The van der Waals surface area contributed by atoms with E-state index in [-0.39, 0.29) is 0 Å². The van der Waals surface area contributed by atoms with Crippen LogP contribution in [0.25, 0.3) is 0 Å². The third-order valence-corrected chi connectivity index (χ3v) is 0.378. The van der Waals surface area contributed by atoms with Gasteiger partial charge in [-0.2, -0.15) is 0 Å². The first-order valence-electron chi connectivity index (χ1n) is 1.13. The van der Waals surface area contributed by atoms with E-state index in [1.54, 1.807) is 6.08 Å². The lowest BCUT2D eigenvalue weighted by Crippen LogP contribution is -1.20. The van der Waals surface area contributed by atoms with Crippen LogP contribution in [-0.2, 0) is 0 Å². The summed E-state index contributed by atoms with van der Waals surface area (Å²) in [6.07, 6.45) is 1.77. The molecular formula is C3H5Cl. The standard InChI is InChI=1S/C3H5Cl/c1-2-3-4/h2-3H,1H3/b3-2-. The van der Waals surface area contributed by atoms with Crippen LogP contribution in [0.3, 0.4) is 0 Å². The third kappa shape index (κ3) is 2.03. The first kappa shape index (κ1) is 4.03.